The number of ether oxygens (including phenoxy) is 2. The highest BCUT2D eigenvalue weighted by atomic mass is 16.5. The molecule has 1 aliphatic rings. The van der Waals surface area contributed by atoms with Crippen LogP contribution in [-0.4, -0.2) is 50.4 Å². The fraction of sp³-hybridized carbons (Fsp3) is 0.286. The first kappa shape index (κ1) is 24.3. The molecule has 1 atom stereocenters. The molecule has 7 nitrogen and oxygen atoms in total. The molecular weight excluding hydrogens is 444 g/mol. The molecule has 1 aliphatic heterocycles. The van der Waals surface area contributed by atoms with Gasteiger partial charge in [0.25, 0.3) is 0 Å². The van der Waals surface area contributed by atoms with Gasteiger partial charge in [-0.3, -0.25) is 4.79 Å². The van der Waals surface area contributed by atoms with E-state index in [0.29, 0.717) is 18.8 Å². The number of aromatic carboxylic acids is 1. The standard InChI is InChI=1S/C28H30N2O5/c1-19-7-6-10-23(30-13-15-35-16-14-30)26(19)27(21-8-4-3-5-9-21)29-25(31)18-20-11-12-22(28(32)33)24(17-20)34-2/h3-12,17,27H,13-16,18H2,1-2H3,(H,29,31)(H,32,33). The normalized spacial score (nSPS) is 14.3. The second-order valence-electron chi connectivity index (χ2n) is 8.53. The molecule has 1 saturated heterocycles. The highest BCUT2D eigenvalue weighted by molar-refractivity contribution is 5.91. The molecule has 3 aromatic rings. The lowest BCUT2D eigenvalue weighted by atomic mass is 9.92. The largest absolute Gasteiger partial charge is 0.496 e. The van der Waals surface area contributed by atoms with E-state index in [9.17, 15) is 14.7 Å². The van der Waals surface area contributed by atoms with Gasteiger partial charge in [-0.25, -0.2) is 4.79 Å². The number of nitrogens with zero attached hydrogens (tertiary/aromatic N) is 1. The molecule has 2 N–H and O–H groups in total. The van der Waals surface area contributed by atoms with Crippen LogP contribution in [0, 0.1) is 6.92 Å². The quantitative estimate of drug-likeness (QED) is 0.513. The number of carbonyl (C=O) groups excluding carboxylic acids is 1. The Morgan fingerprint density at radius 2 is 1.80 bits per heavy atom. The van der Waals surface area contributed by atoms with Gasteiger partial charge in [0.15, 0.2) is 0 Å². The van der Waals surface area contributed by atoms with Crippen molar-refractivity contribution in [3.05, 3.63) is 94.5 Å². The number of aryl methyl sites for hydroxylation is 1. The number of hydrogen-bond donors (Lipinski definition) is 2. The van der Waals surface area contributed by atoms with Crippen LogP contribution in [0.15, 0.2) is 66.7 Å². The molecule has 1 amide bonds. The number of morpholine rings is 1. The maximum Gasteiger partial charge on any atom is 0.339 e. The lowest BCUT2D eigenvalue weighted by molar-refractivity contribution is -0.120. The van der Waals surface area contributed by atoms with Crippen LogP contribution in [0.4, 0.5) is 5.69 Å². The zero-order chi connectivity index (χ0) is 24.8. The highest BCUT2D eigenvalue weighted by Crippen LogP contribution is 2.34. The van der Waals surface area contributed by atoms with Crippen molar-refractivity contribution >= 4 is 17.6 Å². The topological polar surface area (TPSA) is 88.1 Å². The van der Waals surface area contributed by atoms with E-state index in [4.69, 9.17) is 9.47 Å². The molecule has 4 rings (SSSR count). The van der Waals surface area contributed by atoms with Crippen LogP contribution in [0.5, 0.6) is 5.75 Å². The molecule has 0 radical (unpaired) electrons. The van der Waals surface area contributed by atoms with Gasteiger partial charge in [0.1, 0.15) is 11.3 Å². The van der Waals surface area contributed by atoms with Crippen LogP contribution in [0.3, 0.4) is 0 Å². The molecule has 0 aromatic heterocycles. The van der Waals surface area contributed by atoms with Crippen molar-refractivity contribution in [1.29, 1.82) is 0 Å². The third-order valence-electron chi connectivity index (χ3n) is 6.24. The number of hydrogen-bond acceptors (Lipinski definition) is 5. The third kappa shape index (κ3) is 5.63. The molecule has 0 spiro atoms. The molecule has 1 fully saturated rings. The number of benzene rings is 3. The average Bonchev–Trinajstić information content (AvgIpc) is 2.88. The van der Waals surface area contributed by atoms with Crippen LogP contribution in [0.2, 0.25) is 0 Å². The van der Waals surface area contributed by atoms with Crippen LogP contribution in [0.1, 0.15) is 38.7 Å². The summed E-state index contributed by atoms with van der Waals surface area (Å²) in [6, 6.07) is 20.5. The number of carboxylic acids is 1. The number of anilines is 1. The van der Waals surface area contributed by atoms with E-state index in [-0.39, 0.29) is 29.7 Å². The monoisotopic (exact) mass is 474 g/mol. The first-order chi connectivity index (χ1) is 17.0. The number of carbonyl (C=O) groups is 2. The minimum absolute atomic E-state index is 0.0638. The summed E-state index contributed by atoms with van der Waals surface area (Å²) in [6.07, 6.45) is 0.0956. The molecule has 1 heterocycles. The Balaban J connectivity index is 1.66. The van der Waals surface area contributed by atoms with Gasteiger partial charge < -0.3 is 24.8 Å². The van der Waals surface area contributed by atoms with Gasteiger partial charge in [-0.05, 0) is 41.8 Å². The predicted molar refractivity (Wildman–Crippen MR) is 134 cm³/mol. The van der Waals surface area contributed by atoms with Crippen molar-refractivity contribution in [3.8, 4) is 5.75 Å². The van der Waals surface area contributed by atoms with Crippen molar-refractivity contribution in [2.75, 3.05) is 38.3 Å². The minimum atomic E-state index is -1.07. The first-order valence-electron chi connectivity index (χ1n) is 11.6. The molecule has 0 aliphatic carbocycles. The molecular formula is C28H30N2O5. The van der Waals surface area contributed by atoms with Gasteiger partial charge >= 0.3 is 5.97 Å². The Hall–Kier alpha value is -3.84. The fourth-order valence-electron chi connectivity index (χ4n) is 4.51. The maximum atomic E-state index is 13.3. The molecule has 1 unspecified atom stereocenters. The van der Waals surface area contributed by atoms with E-state index < -0.39 is 5.97 Å². The van der Waals surface area contributed by atoms with Crippen molar-refractivity contribution in [3.63, 3.8) is 0 Å². The van der Waals surface area contributed by atoms with E-state index in [1.54, 1.807) is 12.1 Å². The molecule has 0 bridgehead atoms. The SMILES string of the molecule is COc1cc(CC(=O)NC(c2ccccc2)c2c(C)cccc2N2CCOCC2)ccc1C(=O)O. The Kier molecular flexibility index (Phi) is 7.67. The summed E-state index contributed by atoms with van der Waals surface area (Å²) >= 11 is 0. The molecule has 3 aromatic carbocycles. The first-order valence-corrected chi connectivity index (χ1v) is 11.6. The van der Waals surface area contributed by atoms with Crippen molar-refractivity contribution < 1.29 is 24.2 Å². The van der Waals surface area contributed by atoms with Crippen LogP contribution in [0.25, 0.3) is 0 Å². The van der Waals surface area contributed by atoms with E-state index >= 15 is 0 Å². The summed E-state index contributed by atoms with van der Waals surface area (Å²) in [5.41, 5.74) is 4.98. The number of nitrogens with one attached hydrogen (secondary N) is 1. The molecule has 7 heteroatoms. The smallest absolute Gasteiger partial charge is 0.339 e. The third-order valence-corrected chi connectivity index (χ3v) is 6.24. The Bertz CT molecular complexity index is 1190. The van der Waals surface area contributed by atoms with Crippen molar-refractivity contribution in [2.45, 2.75) is 19.4 Å². The Morgan fingerprint density at radius 3 is 2.49 bits per heavy atom. The van der Waals surface area contributed by atoms with Gasteiger partial charge in [0, 0.05) is 24.3 Å². The number of rotatable bonds is 8. The number of methoxy groups -OCH3 is 1. The summed E-state index contributed by atoms with van der Waals surface area (Å²) < 4.78 is 10.8. The van der Waals surface area contributed by atoms with E-state index in [1.165, 1.54) is 13.2 Å². The summed E-state index contributed by atoms with van der Waals surface area (Å²) in [5.74, 6) is -1.01. The summed E-state index contributed by atoms with van der Waals surface area (Å²) in [4.78, 5) is 27.0. The second-order valence-corrected chi connectivity index (χ2v) is 8.53. The van der Waals surface area contributed by atoms with E-state index in [0.717, 1.165) is 35.5 Å². The lowest BCUT2D eigenvalue weighted by Gasteiger charge is -2.34. The Labute approximate surface area is 205 Å². The highest BCUT2D eigenvalue weighted by Gasteiger charge is 2.25. The zero-order valence-electron chi connectivity index (χ0n) is 20.0. The summed E-state index contributed by atoms with van der Waals surface area (Å²) in [5, 5.41) is 12.6. The zero-order valence-corrected chi connectivity index (χ0v) is 20.0. The van der Waals surface area contributed by atoms with Gasteiger partial charge in [-0.1, -0.05) is 48.5 Å². The van der Waals surface area contributed by atoms with Crippen LogP contribution >= 0.6 is 0 Å². The van der Waals surface area contributed by atoms with E-state index in [2.05, 4.69) is 29.3 Å². The summed E-state index contributed by atoms with van der Waals surface area (Å²) in [6.45, 7) is 4.99. The fourth-order valence-corrected chi connectivity index (χ4v) is 4.51. The molecule has 182 valence electrons. The van der Waals surface area contributed by atoms with E-state index in [1.807, 2.05) is 36.4 Å². The lowest BCUT2D eigenvalue weighted by Crippen LogP contribution is -2.38. The molecule has 35 heavy (non-hydrogen) atoms. The predicted octanol–water partition coefficient (Wildman–Crippen LogP) is 3.99. The Morgan fingerprint density at radius 1 is 1.06 bits per heavy atom. The molecule has 0 saturated carbocycles. The summed E-state index contributed by atoms with van der Waals surface area (Å²) in [7, 11) is 1.42. The van der Waals surface area contributed by atoms with Gasteiger partial charge in [-0.2, -0.15) is 0 Å². The maximum absolute atomic E-state index is 13.3. The second kappa shape index (κ2) is 11.1. The van der Waals surface area contributed by atoms with Gasteiger partial charge in [0.05, 0.1) is 32.8 Å². The number of amides is 1. The van der Waals surface area contributed by atoms with Crippen LogP contribution in [-0.2, 0) is 16.0 Å². The average molecular weight is 475 g/mol. The van der Waals surface area contributed by atoms with Gasteiger partial charge in [-0.15, -0.1) is 0 Å². The minimum Gasteiger partial charge on any atom is -0.496 e. The van der Waals surface area contributed by atoms with Crippen molar-refractivity contribution in [1.82, 2.24) is 5.32 Å². The van der Waals surface area contributed by atoms with Crippen molar-refractivity contribution in [2.24, 2.45) is 0 Å². The van der Waals surface area contributed by atoms with Gasteiger partial charge in [0.2, 0.25) is 5.91 Å². The number of carboxylic acid groups (broad SMARTS) is 1. The van der Waals surface area contributed by atoms with Crippen LogP contribution < -0.4 is 15.0 Å².